The van der Waals surface area contributed by atoms with E-state index in [1.807, 2.05) is 13.0 Å². The molecule has 0 spiro atoms. The average Bonchev–Trinajstić information content (AvgIpc) is 2.33. The summed E-state index contributed by atoms with van der Waals surface area (Å²) in [7, 11) is 0. The SMILES string of the molecule is Cc1c(Br)cccc1-c1c(F)cccc1C(N)=O. The largest absolute Gasteiger partial charge is 0.366 e. The van der Waals surface area contributed by atoms with Crippen LogP contribution in [-0.2, 0) is 0 Å². The van der Waals surface area contributed by atoms with Gasteiger partial charge in [-0.05, 0) is 36.2 Å². The molecule has 0 fully saturated rings. The summed E-state index contributed by atoms with van der Waals surface area (Å²) < 4.78 is 14.8. The second-order valence-corrected chi connectivity index (χ2v) is 4.79. The monoisotopic (exact) mass is 307 g/mol. The van der Waals surface area contributed by atoms with Crippen LogP contribution in [0.4, 0.5) is 4.39 Å². The molecule has 0 unspecified atom stereocenters. The summed E-state index contributed by atoms with van der Waals surface area (Å²) in [6.45, 7) is 1.86. The van der Waals surface area contributed by atoms with Crippen LogP contribution in [0, 0.1) is 12.7 Å². The molecule has 0 bridgehead atoms. The summed E-state index contributed by atoms with van der Waals surface area (Å²) in [5, 5.41) is 0. The normalized spacial score (nSPS) is 10.4. The van der Waals surface area contributed by atoms with Crippen molar-refractivity contribution in [2.45, 2.75) is 6.92 Å². The van der Waals surface area contributed by atoms with Crippen LogP contribution in [0.1, 0.15) is 15.9 Å². The smallest absolute Gasteiger partial charge is 0.249 e. The molecule has 4 heteroatoms. The molecule has 0 saturated carbocycles. The zero-order valence-corrected chi connectivity index (χ0v) is 11.3. The van der Waals surface area contributed by atoms with E-state index in [1.165, 1.54) is 18.2 Å². The van der Waals surface area contributed by atoms with Gasteiger partial charge in [-0.2, -0.15) is 0 Å². The summed E-state index contributed by atoms with van der Waals surface area (Å²) in [5.74, 6) is -1.09. The molecule has 0 aliphatic rings. The zero-order chi connectivity index (χ0) is 13.3. The number of hydrogen-bond acceptors (Lipinski definition) is 1. The summed E-state index contributed by atoms with van der Waals surface area (Å²) in [5.41, 5.74) is 7.27. The number of benzene rings is 2. The first kappa shape index (κ1) is 12.8. The molecule has 0 aliphatic carbocycles. The van der Waals surface area contributed by atoms with Crippen molar-refractivity contribution in [1.29, 1.82) is 0 Å². The van der Waals surface area contributed by atoms with Crippen LogP contribution < -0.4 is 5.73 Å². The molecule has 0 aromatic heterocycles. The topological polar surface area (TPSA) is 43.1 Å². The second-order valence-electron chi connectivity index (χ2n) is 3.94. The Hall–Kier alpha value is -1.68. The number of carbonyl (C=O) groups is 1. The number of primary amides is 1. The van der Waals surface area contributed by atoms with E-state index in [9.17, 15) is 9.18 Å². The van der Waals surface area contributed by atoms with E-state index in [4.69, 9.17) is 5.73 Å². The molecule has 2 nitrogen and oxygen atoms in total. The molecule has 1 amide bonds. The standard InChI is InChI=1S/C14H11BrFNO/c1-8-9(4-2-6-11(8)15)13-10(14(17)18)5-3-7-12(13)16/h2-7H,1H3,(H2,17,18). The third-order valence-corrected chi connectivity index (χ3v) is 3.68. The average molecular weight is 308 g/mol. The molecule has 0 saturated heterocycles. The fourth-order valence-electron chi connectivity index (χ4n) is 1.88. The Kier molecular flexibility index (Phi) is 3.48. The molecule has 18 heavy (non-hydrogen) atoms. The van der Waals surface area contributed by atoms with Gasteiger partial charge in [-0.25, -0.2) is 4.39 Å². The van der Waals surface area contributed by atoms with E-state index in [0.29, 0.717) is 5.56 Å². The minimum absolute atomic E-state index is 0.191. The first-order chi connectivity index (χ1) is 8.52. The van der Waals surface area contributed by atoms with Gasteiger partial charge >= 0.3 is 0 Å². The van der Waals surface area contributed by atoms with Crippen LogP contribution in [0.5, 0.6) is 0 Å². The van der Waals surface area contributed by atoms with Crippen LogP contribution in [0.25, 0.3) is 11.1 Å². The molecule has 0 atom stereocenters. The van der Waals surface area contributed by atoms with Crippen molar-refractivity contribution in [2.24, 2.45) is 5.73 Å². The van der Waals surface area contributed by atoms with Crippen molar-refractivity contribution in [2.75, 3.05) is 0 Å². The first-order valence-electron chi connectivity index (χ1n) is 5.36. The van der Waals surface area contributed by atoms with Gasteiger partial charge in [0, 0.05) is 15.6 Å². The molecule has 2 aromatic rings. The number of amides is 1. The summed E-state index contributed by atoms with van der Waals surface area (Å²) >= 11 is 3.39. The van der Waals surface area contributed by atoms with E-state index in [-0.39, 0.29) is 11.1 Å². The predicted octanol–water partition coefficient (Wildman–Crippen LogP) is 3.66. The fraction of sp³-hybridized carbons (Fsp3) is 0.0714. The molecule has 2 rings (SSSR count). The van der Waals surface area contributed by atoms with E-state index in [2.05, 4.69) is 15.9 Å². The van der Waals surface area contributed by atoms with Gasteiger partial charge in [0.1, 0.15) is 5.82 Å². The number of rotatable bonds is 2. The minimum atomic E-state index is -0.635. The van der Waals surface area contributed by atoms with Crippen molar-refractivity contribution >= 4 is 21.8 Å². The van der Waals surface area contributed by atoms with Crippen molar-refractivity contribution < 1.29 is 9.18 Å². The number of nitrogens with two attached hydrogens (primary N) is 1. The molecule has 0 aliphatic heterocycles. The molecular formula is C14H11BrFNO. The molecular weight excluding hydrogens is 297 g/mol. The third kappa shape index (κ3) is 2.16. The van der Waals surface area contributed by atoms with Crippen molar-refractivity contribution in [1.82, 2.24) is 0 Å². The van der Waals surface area contributed by atoms with Gasteiger partial charge in [0.15, 0.2) is 0 Å². The Bertz CT molecular complexity index is 625. The number of hydrogen-bond donors (Lipinski definition) is 1. The van der Waals surface area contributed by atoms with Crippen molar-refractivity contribution in [3.63, 3.8) is 0 Å². The summed E-state index contributed by atoms with van der Waals surface area (Å²) in [6.07, 6.45) is 0. The van der Waals surface area contributed by atoms with E-state index in [0.717, 1.165) is 10.0 Å². The van der Waals surface area contributed by atoms with Crippen LogP contribution in [-0.4, -0.2) is 5.91 Å². The van der Waals surface area contributed by atoms with Gasteiger partial charge in [0.25, 0.3) is 0 Å². The minimum Gasteiger partial charge on any atom is -0.366 e. The maximum absolute atomic E-state index is 14.0. The van der Waals surface area contributed by atoms with Gasteiger partial charge < -0.3 is 5.73 Å². The second kappa shape index (κ2) is 4.90. The van der Waals surface area contributed by atoms with Crippen molar-refractivity contribution in [3.8, 4) is 11.1 Å². The highest BCUT2D eigenvalue weighted by atomic mass is 79.9. The Morgan fingerprint density at radius 2 is 1.89 bits per heavy atom. The van der Waals surface area contributed by atoms with E-state index < -0.39 is 11.7 Å². The fourth-order valence-corrected chi connectivity index (χ4v) is 2.25. The quantitative estimate of drug-likeness (QED) is 0.904. The summed E-state index contributed by atoms with van der Waals surface area (Å²) in [4.78, 5) is 11.4. The number of halogens is 2. The van der Waals surface area contributed by atoms with Crippen LogP contribution >= 0.6 is 15.9 Å². The Balaban J connectivity index is 2.78. The lowest BCUT2D eigenvalue weighted by atomic mass is 9.95. The van der Waals surface area contributed by atoms with Gasteiger partial charge in [-0.1, -0.05) is 34.1 Å². The summed E-state index contributed by atoms with van der Waals surface area (Å²) in [6, 6.07) is 9.76. The third-order valence-electron chi connectivity index (χ3n) is 2.82. The van der Waals surface area contributed by atoms with Crippen LogP contribution in [0.2, 0.25) is 0 Å². The number of carbonyl (C=O) groups excluding carboxylic acids is 1. The van der Waals surface area contributed by atoms with Gasteiger partial charge in [0.05, 0.1) is 0 Å². The van der Waals surface area contributed by atoms with Gasteiger partial charge in [-0.15, -0.1) is 0 Å². The molecule has 0 radical (unpaired) electrons. The molecule has 0 heterocycles. The van der Waals surface area contributed by atoms with E-state index in [1.54, 1.807) is 12.1 Å². The molecule has 2 N–H and O–H groups in total. The predicted molar refractivity (Wildman–Crippen MR) is 72.8 cm³/mol. The maximum Gasteiger partial charge on any atom is 0.249 e. The van der Waals surface area contributed by atoms with Crippen LogP contribution in [0.3, 0.4) is 0 Å². The van der Waals surface area contributed by atoms with E-state index >= 15 is 0 Å². The highest BCUT2D eigenvalue weighted by molar-refractivity contribution is 9.10. The Labute approximate surface area is 113 Å². The van der Waals surface area contributed by atoms with Gasteiger partial charge in [0.2, 0.25) is 5.91 Å². The van der Waals surface area contributed by atoms with Crippen LogP contribution in [0.15, 0.2) is 40.9 Å². The molecule has 92 valence electrons. The highest BCUT2D eigenvalue weighted by Crippen LogP contribution is 2.32. The lowest BCUT2D eigenvalue weighted by Gasteiger charge is -2.12. The Morgan fingerprint density at radius 1 is 1.22 bits per heavy atom. The Morgan fingerprint density at radius 3 is 2.56 bits per heavy atom. The molecule has 2 aromatic carbocycles. The lowest BCUT2D eigenvalue weighted by molar-refractivity contribution is 0.100. The zero-order valence-electron chi connectivity index (χ0n) is 9.71. The highest BCUT2D eigenvalue weighted by Gasteiger charge is 2.16. The first-order valence-corrected chi connectivity index (χ1v) is 6.15. The van der Waals surface area contributed by atoms with Crippen molar-refractivity contribution in [3.05, 3.63) is 57.8 Å². The van der Waals surface area contributed by atoms with Gasteiger partial charge in [-0.3, -0.25) is 4.79 Å². The maximum atomic E-state index is 14.0. The lowest BCUT2D eigenvalue weighted by Crippen LogP contribution is -2.13.